The molecule has 0 aliphatic carbocycles. The van der Waals surface area contributed by atoms with Crippen LogP contribution in [0.3, 0.4) is 0 Å². The van der Waals surface area contributed by atoms with Gasteiger partial charge in [0.15, 0.2) is 0 Å². The first-order chi connectivity index (χ1) is 7.93. The Morgan fingerprint density at radius 3 is 3.06 bits per heavy atom. The normalized spacial score (nSPS) is 17.8. The average Bonchev–Trinajstić information content (AvgIpc) is 2.80. The molecule has 0 spiro atoms. The van der Waals surface area contributed by atoms with Crippen molar-refractivity contribution in [3.05, 3.63) is 23.7 Å². The standard InChI is InChI=1S/C12H14N2OS/c1-2-10(12-11(3-1)16-8-14-12)15-9-4-6-13-7-5-9/h1-3,8-9,13H,4-7H2. The van der Waals surface area contributed by atoms with E-state index in [1.165, 1.54) is 4.70 Å². The minimum atomic E-state index is 0.341. The monoisotopic (exact) mass is 234 g/mol. The number of fused-ring (bicyclic) bond motifs is 1. The summed E-state index contributed by atoms with van der Waals surface area (Å²) in [6.45, 7) is 2.11. The predicted octanol–water partition coefficient (Wildman–Crippen LogP) is 2.43. The van der Waals surface area contributed by atoms with Crippen molar-refractivity contribution in [1.29, 1.82) is 0 Å². The number of hydrogen-bond acceptors (Lipinski definition) is 4. The van der Waals surface area contributed by atoms with Crippen LogP contribution in [0.25, 0.3) is 10.2 Å². The summed E-state index contributed by atoms with van der Waals surface area (Å²) in [7, 11) is 0. The molecule has 1 aliphatic rings. The molecule has 0 bridgehead atoms. The van der Waals surface area contributed by atoms with Gasteiger partial charge in [0.2, 0.25) is 0 Å². The van der Waals surface area contributed by atoms with E-state index in [0.29, 0.717) is 6.10 Å². The molecule has 0 unspecified atom stereocenters. The summed E-state index contributed by atoms with van der Waals surface area (Å²) in [5.41, 5.74) is 2.88. The lowest BCUT2D eigenvalue weighted by atomic mass is 10.1. The van der Waals surface area contributed by atoms with Crippen LogP contribution in [0.15, 0.2) is 23.7 Å². The van der Waals surface area contributed by atoms with E-state index in [1.54, 1.807) is 11.3 Å². The molecule has 1 aromatic carbocycles. The molecule has 0 atom stereocenters. The molecule has 84 valence electrons. The lowest BCUT2D eigenvalue weighted by Crippen LogP contribution is -2.34. The van der Waals surface area contributed by atoms with Crippen LogP contribution < -0.4 is 10.1 Å². The van der Waals surface area contributed by atoms with Gasteiger partial charge in [-0.2, -0.15) is 0 Å². The number of hydrogen-bond donors (Lipinski definition) is 1. The van der Waals surface area contributed by atoms with Crippen molar-refractivity contribution in [2.24, 2.45) is 0 Å². The second kappa shape index (κ2) is 4.39. The lowest BCUT2D eigenvalue weighted by molar-refractivity contribution is 0.164. The number of benzene rings is 1. The molecular weight excluding hydrogens is 220 g/mol. The number of piperidine rings is 1. The van der Waals surface area contributed by atoms with Crippen LogP contribution in [0.1, 0.15) is 12.8 Å². The molecule has 1 N–H and O–H groups in total. The largest absolute Gasteiger partial charge is 0.488 e. The molecule has 0 saturated carbocycles. The van der Waals surface area contributed by atoms with Gasteiger partial charge >= 0.3 is 0 Å². The second-order valence-electron chi connectivity index (χ2n) is 4.02. The van der Waals surface area contributed by atoms with Gasteiger partial charge in [-0.3, -0.25) is 0 Å². The van der Waals surface area contributed by atoms with Crippen LogP contribution in [0.4, 0.5) is 0 Å². The van der Waals surface area contributed by atoms with E-state index in [9.17, 15) is 0 Å². The van der Waals surface area contributed by atoms with Gasteiger partial charge in [-0.25, -0.2) is 4.98 Å². The van der Waals surface area contributed by atoms with Crippen molar-refractivity contribution in [2.45, 2.75) is 18.9 Å². The first-order valence-corrected chi connectivity index (χ1v) is 6.51. The van der Waals surface area contributed by atoms with Gasteiger partial charge in [-0.15, -0.1) is 11.3 Å². The molecular formula is C12H14N2OS. The Morgan fingerprint density at radius 1 is 1.31 bits per heavy atom. The summed E-state index contributed by atoms with van der Waals surface area (Å²) in [5.74, 6) is 0.936. The number of ether oxygens (including phenoxy) is 1. The first kappa shape index (κ1) is 10.1. The second-order valence-corrected chi connectivity index (χ2v) is 4.91. The number of rotatable bonds is 2. The fourth-order valence-corrected chi connectivity index (χ4v) is 2.74. The van der Waals surface area contributed by atoms with E-state index in [0.717, 1.165) is 37.2 Å². The van der Waals surface area contributed by atoms with Crippen molar-refractivity contribution >= 4 is 21.6 Å². The Bertz CT molecular complexity index is 477. The molecule has 0 amide bonds. The van der Waals surface area contributed by atoms with Crippen LogP contribution in [0.5, 0.6) is 5.75 Å². The van der Waals surface area contributed by atoms with Crippen LogP contribution in [-0.4, -0.2) is 24.2 Å². The zero-order valence-corrected chi connectivity index (χ0v) is 9.80. The van der Waals surface area contributed by atoms with Gasteiger partial charge in [0.1, 0.15) is 17.4 Å². The maximum atomic E-state index is 6.03. The molecule has 1 aromatic heterocycles. The summed E-state index contributed by atoms with van der Waals surface area (Å²) in [5, 5.41) is 3.34. The van der Waals surface area contributed by atoms with E-state index >= 15 is 0 Å². The highest BCUT2D eigenvalue weighted by Gasteiger charge is 2.16. The fraction of sp³-hybridized carbons (Fsp3) is 0.417. The summed E-state index contributed by atoms with van der Waals surface area (Å²) in [4.78, 5) is 4.36. The summed E-state index contributed by atoms with van der Waals surface area (Å²) in [6, 6.07) is 6.14. The number of para-hydroxylation sites is 1. The summed E-state index contributed by atoms with van der Waals surface area (Å²) >= 11 is 1.66. The smallest absolute Gasteiger partial charge is 0.146 e. The average molecular weight is 234 g/mol. The highest BCUT2D eigenvalue weighted by atomic mass is 32.1. The maximum absolute atomic E-state index is 6.03. The SMILES string of the molecule is c1cc(OC2CCNCC2)c2ncsc2c1. The molecule has 1 saturated heterocycles. The minimum Gasteiger partial charge on any atom is -0.488 e. The highest BCUT2D eigenvalue weighted by Crippen LogP contribution is 2.28. The summed E-state index contributed by atoms with van der Waals surface area (Å²) < 4.78 is 7.23. The Kier molecular flexibility index (Phi) is 2.76. The first-order valence-electron chi connectivity index (χ1n) is 5.63. The number of nitrogens with zero attached hydrogens (tertiary/aromatic N) is 1. The Labute approximate surface area is 98.5 Å². The molecule has 1 fully saturated rings. The van der Waals surface area contributed by atoms with Crippen LogP contribution >= 0.6 is 11.3 Å². The van der Waals surface area contributed by atoms with E-state index in [2.05, 4.69) is 16.4 Å². The van der Waals surface area contributed by atoms with Gasteiger partial charge in [0, 0.05) is 0 Å². The molecule has 1 aliphatic heterocycles. The fourth-order valence-electron chi connectivity index (χ4n) is 2.05. The molecule has 0 radical (unpaired) electrons. The Morgan fingerprint density at radius 2 is 2.19 bits per heavy atom. The molecule has 4 heteroatoms. The topological polar surface area (TPSA) is 34.1 Å². The molecule has 2 aromatic rings. The minimum absolute atomic E-state index is 0.341. The zero-order chi connectivity index (χ0) is 10.8. The van der Waals surface area contributed by atoms with Gasteiger partial charge in [0.25, 0.3) is 0 Å². The number of thiazole rings is 1. The molecule has 3 rings (SSSR count). The van der Waals surface area contributed by atoms with Gasteiger partial charge in [-0.05, 0) is 38.1 Å². The third-order valence-electron chi connectivity index (χ3n) is 2.90. The summed E-state index contributed by atoms with van der Waals surface area (Å²) in [6.07, 6.45) is 2.51. The van der Waals surface area contributed by atoms with Crippen molar-refractivity contribution < 1.29 is 4.74 Å². The van der Waals surface area contributed by atoms with Crippen molar-refractivity contribution in [1.82, 2.24) is 10.3 Å². The Balaban J connectivity index is 1.85. The third-order valence-corrected chi connectivity index (χ3v) is 3.70. The number of aromatic nitrogens is 1. The Hall–Kier alpha value is -1.13. The maximum Gasteiger partial charge on any atom is 0.146 e. The predicted molar refractivity (Wildman–Crippen MR) is 66.1 cm³/mol. The molecule has 16 heavy (non-hydrogen) atoms. The third kappa shape index (κ3) is 1.90. The van der Waals surface area contributed by atoms with Gasteiger partial charge in [-0.1, -0.05) is 6.07 Å². The van der Waals surface area contributed by atoms with Crippen molar-refractivity contribution in [3.63, 3.8) is 0 Å². The van der Waals surface area contributed by atoms with E-state index < -0.39 is 0 Å². The van der Waals surface area contributed by atoms with Crippen LogP contribution in [-0.2, 0) is 0 Å². The van der Waals surface area contributed by atoms with E-state index in [-0.39, 0.29) is 0 Å². The number of nitrogens with one attached hydrogen (secondary N) is 1. The van der Waals surface area contributed by atoms with Crippen molar-refractivity contribution in [3.8, 4) is 5.75 Å². The highest BCUT2D eigenvalue weighted by molar-refractivity contribution is 7.16. The molecule has 2 heterocycles. The lowest BCUT2D eigenvalue weighted by Gasteiger charge is -2.23. The van der Waals surface area contributed by atoms with Crippen LogP contribution in [0.2, 0.25) is 0 Å². The van der Waals surface area contributed by atoms with Crippen LogP contribution in [0, 0.1) is 0 Å². The van der Waals surface area contributed by atoms with Gasteiger partial charge in [0.05, 0.1) is 10.2 Å². The quantitative estimate of drug-likeness (QED) is 0.866. The van der Waals surface area contributed by atoms with E-state index in [1.807, 2.05) is 17.6 Å². The zero-order valence-electron chi connectivity index (χ0n) is 8.98. The van der Waals surface area contributed by atoms with Crippen molar-refractivity contribution in [2.75, 3.05) is 13.1 Å². The van der Waals surface area contributed by atoms with E-state index in [4.69, 9.17) is 4.74 Å². The van der Waals surface area contributed by atoms with Gasteiger partial charge < -0.3 is 10.1 Å². The molecule has 3 nitrogen and oxygen atoms in total.